The minimum absolute atomic E-state index is 0.0815. The maximum Gasteiger partial charge on any atom is 0.251 e. The van der Waals surface area contributed by atoms with Crippen molar-refractivity contribution in [1.29, 1.82) is 0 Å². The average Bonchev–Trinajstić information content (AvgIpc) is 3.36. The van der Waals surface area contributed by atoms with E-state index in [9.17, 15) is 14.0 Å². The number of hydrogen-bond donors (Lipinski definition) is 2. The number of carbonyl (C=O) groups is 2. The highest BCUT2D eigenvalue weighted by Gasteiger charge is 2.23. The molecule has 2 aromatic carbocycles. The van der Waals surface area contributed by atoms with E-state index < -0.39 is 5.82 Å². The zero-order valence-electron chi connectivity index (χ0n) is 15.5. The number of aromatic nitrogens is 2. The number of carbonyl (C=O) groups excluding carboxylic acids is 2. The van der Waals surface area contributed by atoms with Crippen molar-refractivity contribution in [2.45, 2.75) is 18.9 Å². The van der Waals surface area contributed by atoms with Gasteiger partial charge in [-0.3, -0.25) is 9.59 Å². The first-order chi connectivity index (χ1) is 14.1. The Labute approximate surface area is 167 Å². The number of nitrogens with one attached hydrogen (secondary N) is 2. The van der Waals surface area contributed by atoms with Crippen molar-refractivity contribution in [1.82, 2.24) is 14.9 Å². The first-order valence-electron chi connectivity index (χ1n) is 9.26. The lowest BCUT2D eigenvalue weighted by molar-refractivity contribution is -0.111. The van der Waals surface area contributed by atoms with E-state index >= 15 is 0 Å². The second-order valence-corrected chi connectivity index (χ2v) is 6.83. The minimum Gasteiger partial charge on any atom is -0.349 e. The van der Waals surface area contributed by atoms with Crippen LogP contribution in [0, 0.1) is 5.82 Å². The van der Waals surface area contributed by atoms with Gasteiger partial charge in [0.1, 0.15) is 5.82 Å². The maximum absolute atomic E-state index is 14.3. The molecule has 0 bridgehead atoms. The Morgan fingerprint density at radius 3 is 2.59 bits per heavy atom. The lowest BCUT2D eigenvalue weighted by Crippen LogP contribution is -2.25. The van der Waals surface area contributed by atoms with E-state index in [1.807, 2.05) is 0 Å². The Hall–Kier alpha value is -3.74. The summed E-state index contributed by atoms with van der Waals surface area (Å²) in [7, 11) is 0. The summed E-state index contributed by atoms with van der Waals surface area (Å²) in [5, 5.41) is 5.56. The Kier molecular flexibility index (Phi) is 5.20. The summed E-state index contributed by atoms with van der Waals surface area (Å²) in [6.45, 7) is 0. The molecule has 0 saturated heterocycles. The predicted molar refractivity (Wildman–Crippen MR) is 108 cm³/mol. The highest BCUT2D eigenvalue weighted by Crippen LogP contribution is 2.20. The molecule has 1 fully saturated rings. The molecule has 2 amide bonds. The smallest absolute Gasteiger partial charge is 0.251 e. The number of rotatable bonds is 6. The zero-order chi connectivity index (χ0) is 20.2. The molecule has 146 valence electrons. The molecule has 1 saturated carbocycles. The molecule has 29 heavy (non-hydrogen) atoms. The number of nitrogens with zero attached hydrogens (tertiary/aromatic N) is 2. The molecule has 1 aliphatic rings. The molecule has 0 radical (unpaired) electrons. The van der Waals surface area contributed by atoms with Crippen LogP contribution < -0.4 is 10.6 Å². The Bertz CT molecular complexity index is 1050. The van der Waals surface area contributed by atoms with E-state index in [0.717, 1.165) is 18.4 Å². The summed E-state index contributed by atoms with van der Waals surface area (Å²) in [6, 6.07) is 11.7. The summed E-state index contributed by atoms with van der Waals surface area (Å²) in [5.74, 6) is -0.929. The predicted octanol–water partition coefficient (Wildman–Crippen LogP) is 3.56. The largest absolute Gasteiger partial charge is 0.349 e. The van der Waals surface area contributed by atoms with Crippen LogP contribution in [0.2, 0.25) is 0 Å². The van der Waals surface area contributed by atoms with Gasteiger partial charge in [-0.15, -0.1) is 0 Å². The van der Waals surface area contributed by atoms with Gasteiger partial charge in [0.05, 0.1) is 12.0 Å². The van der Waals surface area contributed by atoms with Crippen LogP contribution >= 0.6 is 0 Å². The van der Waals surface area contributed by atoms with Crippen LogP contribution in [-0.2, 0) is 4.79 Å². The van der Waals surface area contributed by atoms with Crippen molar-refractivity contribution in [3.8, 4) is 5.69 Å². The van der Waals surface area contributed by atoms with Crippen LogP contribution in [0.3, 0.4) is 0 Å². The number of anilines is 1. The van der Waals surface area contributed by atoms with Gasteiger partial charge >= 0.3 is 0 Å². The molecule has 3 aromatic rings. The van der Waals surface area contributed by atoms with E-state index in [4.69, 9.17) is 0 Å². The van der Waals surface area contributed by atoms with Crippen LogP contribution in [0.4, 0.5) is 10.1 Å². The van der Waals surface area contributed by atoms with Crippen LogP contribution in [-0.4, -0.2) is 27.4 Å². The van der Waals surface area contributed by atoms with Crippen molar-refractivity contribution >= 4 is 23.6 Å². The molecule has 0 atom stereocenters. The molecule has 1 heterocycles. The number of hydrogen-bond acceptors (Lipinski definition) is 3. The average molecular weight is 390 g/mol. The van der Waals surface area contributed by atoms with Crippen molar-refractivity contribution in [3.63, 3.8) is 0 Å². The van der Waals surface area contributed by atoms with Crippen molar-refractivity contribution < 1.29 is 14.0 Å². The zero-order valence-corrected chi connectivity index (χ0v) is 15.5. The summed E-state index contributed by atoms with van der Waals surface area (Å²) in [6.07, 6.45) is 9.78. The molecule has 7 heteroatoms. The van der Waals surface area contributed by atoms with Gasteiger partial charge in [-0.25, -0.2) is 9.37 Å². The standard InChI is InChI=1S/C22H19FN4O2/c23-19-13-18(8-9-20(19)27-12-11-24-14-27)25-21(28)10-3-15-1-4-16(5-2-15)22(29)26-17-6-7-17/h1-5,8-14,17H,6-7H2,(H,25,28)(H,26,29). The van der Waals surface area contributed by atoms with Gasteiger partial charge in [0.2, 0.25) is 5.91 Å². The van der Waals surface area contributed by atoms with Gasteiger partial charge in [-0.05, 0) is 54.8 Å². The number of halogens is 1. The third kappa shape index (κ3) is 4.76. The molecule has 1 aliphatic carbocycles. The molecule has 0 unspecified atom stereocenters. The van der Waals surface area contributed by atoms with Crippen molar-refractivity contribution in [3.05, 3.63) is 84.2 Å². The maximum atomic E-state index is 14.3. The van der Waals surface area contributed by atoms with Gasteiger partial charge < -0.3 is 15.2 Å². The topological polar surface area (TPSA) is 76.0 Å². The van der Waals surface area contributed by atoms with Crippen molar-refractivity contribution in [2.24, 2.45) is 0 Å². The normalized spacial score (nSPS) is 13.4. The third-order valence-corrected chi connectivity index (χ3v) is 4.51. The molecule has 2 N–H and O–H groups in total. The fraction of sp³-hybridized carbons (Fsp3) is 0.136. The summed E-state index contributed by atoms with van der Waals surface area (Å²) in [4.78, 5) is 28.0. The second-order valence-electron chi connectivity index (χ2n) is 6.83. The van der Waals surface area contributed by atoms with Crippen molar-refractivity contribution in [2.75, 3.05) is 5.32 Å². The Morgan fingerprint density at radius 1 is 1.14 bits per heavy atom. The quantitative estimate of drug-likeness (QED) is 0.632. The van der Waals surface area contributed by atoms with Gasteiger partial charge in [-0.2, -0.15) is 0 Å². The number of imidazole rings is 1. The summed E-state index contributed by atoms with van der Waals surface area (Å²) in [5.41, 5.74) is 2.08. The molecule has 0 aliphatic heterocycles. The minimum atomic E-state index is -0.468. The number of benzene rings is 2. The fourth-order valence-corrected chi connectivity index (χ4v) is 2.79. The van der Waals surface area contributed by atoms with E-state index in [1.165, 1.54) is 18.5 Å². The molecule has 0 spiro atoms. The third-order valence-electron chi connectivity index (χ3n) is 4.51. The van der Waals surface area contributed by atoms with Crippen LogP contribution in [0.1, 0.15) is 28.8 Å². The second kappa shape index (κ2) is 8.10. The first-order valence-corrected chi connectivity index (χ1v) is 9.26. The molecule has 1 aromatic heterocycles. The van der Waals surface area contributed by atoms with Gasteiger partial charge in [0, 0.05) is 35.8 Å². The summed E-state index contributed by atoms with van der Waals surface area (Å²) >= 11 is 0. The molecule has 6 nitrogen and oxygen atoms in total. The number of amides is 2. The lowest BCUT2D eigenvalue weighted by Gasteiger charge is -2.07. The van der Waals surface area contributed by atoms with Crippen LogP contribution in [0.25, 0.3) is 11.8 Å². The van der Waals surface area contributed by atoms with E-state index in [-0.39, 0.29) is 11.8 Å². The Balaban J connectivity index is 1.36. The van der Waals surface area contributed by atoms with Gasteiger partial charge in [0.25, 0.3) is 5.91 Å². The molecule has 4 rings (SSSR count). The highest BCUT2D eigenvalue weighted by molar-refractivity contribution is 6.02. The van der Waals surface area contributed by atoms with Crippen LogP contribution in [0.5, 0.6) is 0 Å². The Morgan fingerprint density at radius 2 is 1.93 bits per heavy atom. The summed E-state index contributed by atoms with van der Waals surface area (Å²) < 4.78 is 15.8. The van der Waals surface area contributed by atoms with E-state index in [0.29, 0.717) is 23.0 Å². The molecular weight excluding hydrogens is 371 g/mol. The first kappa shape index (κ1) is 18.6. The highest BCUT2D eigenvalue weighted by atomic mass is 19.1. The van der Waals surface area contributed by atoms with Gasteiger partial charge in [0.15, 0.2) is 0 Å². The van der Waals surface area contributed by atoms with E-state index in [2.05, 4.69) is 15.6 Å². The lowest BCUT2D eigenvalue weighted by atomic mass is 10.1. The van der Waals surface area contributed by atoms with Crippen LogP contribution in [0.15, 0.2) is 67.3 Å². The monoisotopic (exact) mass is 390 g/mol. The van der Waals surface area contributed by atoms with E-state index in [1.54, 1.807) is 59.4 Å². The SMILES string of the molecule is O=C(C=Cc1ccc(C(=O)NC2CC2)cc1)Nc1ccc(-n2ccnc2)c(F)c1. The molecular formula is C22H19FN4O2. The van der Waals surface area contributed by atoms with Gasteiger partial charge in [-0.1, -0.05) is 12.1 Å². The fourth-order valence-electron chi connectivity index (χ4n) is 2.79.